The molecular formula is C33H44N4O6. The molecule has 0 aliphatic carbocycles. The van der Waals surface area contributed by atoms with Crippen LogP contribution in [0.2, 0.25) is 0 Å². The van der Waals surface area contributed by atoms with Gasteiger partial charge in [0.15, 0.2) is 5.88 Å². The summed E-state index contributed by atoms with van der Waals surface area (Å²) in [5.41, 5.74) is 8.93. The van der Waals surface area contributed by atoms with E-state index in [2.05, 4.69) is 34.1 Å². The Morgan fingerprint density at radius 1 is 0.930 bits per heavy atom. The quantitative estimate of drug-likeness (QED) is 0.175. The molecule has 232 valence electrons. The number of hydrogen-bond acceptors (Lipinski definition) is 5. The van der Waals surface area contributed by atoms with E-state index in [4.69, 9.17) is 0 Å². The van der Waals surface area contributed by atoms with Crippen LogP contribution >= 0.6 is 0 Å². The predicted octanol–water partition coefficient (Wildman–Crippen LogP) is 4.82. The van der Waals surface area contributed by atoms with Gasteiger partial charge in [-0.2, -0.15) is 0 Å². The number of aliphatic carboxylic acids is 2. The third-order valence-corrected chi connectivity index (χ3v) is 9.37. The van der Waals surface area contributed by atoms with E-state index in [-0.39, 0.29) is 48.4 Å². The second-order valence-corrected chi connectivity index (χ2v) is 11.9. The Balaban J connectivity index is 1.72. The van der Waals surface area contributed by atoms with Crippen LogP contribution in [-0.2, 0) is 40.1 Å². The second-order valence-electron chi connectivity index (χ2n) is 11.9. The number of aliphatic hydroxyl groups is 1. The van der Waals surface area contributed by atoms with Crippen molar-refractivity contribution in [3.05, 3.63) is 74.8 Å². The molecule has 2 aliphatic rings. The molecule has 10 nitrogen and oxygen atoms in total. The molecule has 7 N–H and O–H groups in total. The van der Waals surface area contributed by atoms with E-state index < -0.39 is 11.9 Å². The summed E-state index contributed by atoms with van der Waals surface area (Å²) in [5.74, 6) is -1.63. The molecule has 2 aliphatic heterocycles. The zero-order valence-corrected chi connectivity index (χ0v) is 25.7. The number of nitrogens with one attached hydrogen (secondary N) is 4. The van der Waals surface area contributed by atoms with Gasteiger partial charge in [0.1, 0.15) is 0 Å². The van der Waals surface area contributed by atoms with Crippen molar-refractivity contribution < 1.29 is 29.7 Å². The van der Waals surface area contributed by atoms with Gasteiger partial charge in [0.05, 0.1) is 0 Å². The third kappa shape index (κ3) is 6.58. The summed E-state index contributed by atoms with van der Waals surface area (Å²) in [6, 6.07) is -0.0573. The fraction of sp³-hybridized carbons (Fsp3) is 0.485. The van der Waals surface area contributed by atoms with Gasteiger partial charge in [-0.05, 0) is 61.4 Å². The topological polar surface area (TPSA) is 168 Å². The monoisotopic (exact) mass is 592 g/mol. The van der Waals surface area contributed by atoms with Crippen LogP contribution in [0.1, 0.15) is 85.1 Å². The van der Waals surface area contributed by atoms with Gasteiger partial charge in [0, 0.05) is 83.5 Å². The van der Waals surface area contributed by atoms with Crippen LogP contribution in [0.5, 0.6) is 0 Å². The SMILES string of the molecule is C=CC1=C(O)N[C@H](Cc2[nH]c(Cc3[nH]c(/C=C4\NC(=O)[C@H](C)[C@H]4CC)c(C)c3CCC(=O)O)c(CCC(=O)O)c2C)C1C. The van der Waals surface area contributed by atoms with Crippen molar-refractivity contribution in [2.45, 2.75) is 85.6 Å². The van der Waals surface area contributed by atoms with Crippen molar-refractivity contribution in [2.24, 2.45) is 17.8 Å². The normalized spacial score (nSPS) is 22.7. The highest BCUT2D eigenvalue weighted by Gasteiger charge is 2.34. The first-order valence-electron chi connectivity index (χ1n) is 15.0. The number of amides is 1. The van der Waals surface area contributed by atoms with E-state index in [1.54, 1.807) is 6.08 Å². The molecule has 0 aromatic carbocycles. The summed E-state index contributed by atoms with van der Waals surface area (Å²) in [4.78, 5) is 42.6. The molecular weight excluding hydrogens is 548 g/mol. The van der Waals surface area contributed by atoms with Gasteiger partial charge in [-0.3, -0.25) is 14.4 Å². The van der Waals surface area contributed by atoms with Crippen LogP contribution in [0, 0.1) is 31.6 Å². The number of aromatic nitrogens is 2. The Morgan fingerprint density at radius 2 is 1.53 bits per heavy atom. The maximum atomic E-state index is 12.4. The molecule has 2 aromatic rings. The lowest BCUT2D eigenvalue weighted by Gasteiger charge is -2.17. The van der Waals surface area contributed by atoms with Crippen molar-refractivity contribution in [2.75, 3.05) is 0 Å². The number of carbonyl (C=O) groups excluding carboxylic acids is 1. The van der Waals surface area contributed by atoms with Crippen LogP contribution in [0.4, 0.5) is 0 Å². The van der Waals surface area contributed by atoms with E-state index >= 15 is 0 Å². The molecule has 4 rings (SSSR count). The number of allylic oxidation sites excluding steroid dienone is 2. The number of aromatic amines is 2. The second kappa shape index (κ2) is 13.0. The molecule has 2 aromatic heterocycles. The molecule has 1 unspecified atom stereocenters. The summed E-state index contributed by atoms with van der Waals surface area (Å²) < 4.78 is 0. The Hall–Kier alpha value is -4.21. The van der Waals surface area contributed by atoms with Gasteiger partial charge in [-0.1, -0.05) is 33.4 Å². The molecule has 10 heteroatoms. The van der Waals surface area contributed by atoms with E-state index in [1.807, 2.05) is 33.8 Å². The minimum atomic E-state index is -0.886. The van der Waals surface area contributed by atoms with Crippen LogP contribution in [0.25, 0.3) is 6.08 Å². The fourth-order valence-electron chi connectivity index (χ4n) is 6.67. The number of carboxylic acids is 2. The van der Waals surface area contributed by atoms with Crippen LogP contribution in [0.15, 0.2) is 29.8 Å². The highest BCUT2D eigenvalue weighted by atomic mass is 16.4. The third-order valence-electron chi connectivity index (χ3n) is 9.37. The molecule has 4 heterocycles. The van der Waals surface area contributed by atoms with Gasteiger partial charge < -0.3 is 35.9 Å². The van der Waals surface area contributed by atoms with Gasteiger partial charge in [0.2, 0.25) is 5.91 Å². The van der Waals surface area contributed by atoms with E-state index in [0.29, 0.717) is 25.7 Å². The average molecular weight is 593 g/mol. The number of carbonyl (C=O) groups is 3. The van der Waals surface area contributed by atoms with Crippen LogP contribution in [-0.4, -0.2) is 49.2 Å². The number of hydrogen-bond donors (Lipinski definition) is 7. The summed E-state index contributed by atoms with van der Waals surface area (Å²) in [6.45, 7) is 13.8. The number of aliphatic hydroxyl groups excluding tert-OH is 1. The van der Waals surface area contributed by atoms with Crippen molar-refractivity contribution in [1.29, 1.82) is 0 Å². The maximum Gasteiger partial charge on any atom is 0.303 e. The molecule has 43 heavy (non-hydrogen) atoms. The molecule has 1 amide bonds. The molecule has 1 fully saturated rings. The Bertz CT molecular complexity index is 1490. The van der Waals surface area contributed by atoms with E-state index in [1.165, 1.54) is 0 Å². The van der Waals surface area contributed by atoms with Crippen molar-refractivity contribution >= 4 is 23.9 Å². The Kier molecular flexibility index (Phi) is 9.57. The minimum Gasteiger partial charge on any atom is -0.495 e. The van der Waals surface area contributed by atoms with Gasteiger partial charge in [-0.25, -0.2) is 0 Å². The lowest BCUT2D eigenvalue weighted by molar-refractivity contribution is -0.138. The molecule has 0 bridgehead atoms. The van der Waals surface area contributed by atoms with Gasteiger partial charge in [-0.15, -0.1) is 0 Å². The lowest BCUT2D eigenvalue weighted by atomic mass is 9.92. The standard InChI is InChI=1S/C33H44N4O6/c1-7-20-19(6)32(42)37-27(20)14-25-18(5)23(10-12-31(40)41)29(35-25)15-28-22(9-11-30(38)39)17(4)24(34-28)13-26-16(3)21(8-2)33(43)36-26/h8,14,16,19-20,26,34-36,43H,2,7,9-13,15H2,1,3-6H3,(H,37,42)(H,38,39)(H,40,41)/b27-14-/t16?,19-,20-,26-/m1/s1. The Labute approximate surface area is 252 Å². The first-order chi connectivity index (χ1) is 20.4. The fourth-order valence-corrected chi connectivity index (χ4v) is 6.67. The summed E-state index contributed by atoms with van der Waals surface area (Å²) in [7, 11) is 0. The van der Waals surface area contributed by atoms with E-state index in [9.17, 15) is 29.7 Å². The molecule has 0 radical (unpaired) electrons. The number of H-pyrrole nitrogens is 2. The minimum absolute atomic E-state index is 0.000830. The first kappa shape index (κ1) is 31.7. The average Bonchev–Trinajstić information content (AvgIpc) is 3.59. The highest BCUT2D eigenvalue weighted by Crippen LogP contribution is 2.34. The zero-order chi connectivity index (χ0) is 31.6. The Morgan fingerprint density at radius 3 is 2.09 bits per heavy atom. The molecule has 0 saturated carbocycles. The predicted molar refractivity (Wildman–Crippen MR) is 164 cm³/mol. The maximum absolute atomic E-state index is 12.4. The van der Waals surface area contributed by atoms with Crippen LogP contribution < -0.4 is 10.6 Å². The van der Waals surface area contributed by atoms with Crippen molar-refractivity contribution in [1.82, 2.24) is 20.6 Å². The van der Waals surface area contributed by atoms with Gasteiger partial charge in [0.25, 0.3) is 0 Å². The smallest absolute Gasteiger partial charge is 0.303 e. The number of carboxylic acid groups (broad SMARTS) is 2. The molecule has 4 atom stereocenters. The van der Waals surface area contributed by atoms with Crippen molar-refractivity contribution in [3.63, 3.8) is 0 Å². The largest absolute Gasteiger partial charge is 0.495 e. The van der Waals surface area contributed by atoms with Crippen LogP contribution in [0.3, 0.4) is 0 Å². The first-order valence-corrected chi connectivity index (χ1v) is 15.0. The molecule has 1 saturated heterocycles. The van der Waals surface area contributed by atoms with Crippen molar-refractivity contribution in [3.8, 4) is 0 Å². The van der Waals surface area contributed by atoms with E-state index in [0.717, 1.165) is 62.7 Å². The number of rotatable bonds is 13. The summed E-state index contributed by atoms with van der Waals surface area (Å²) >= 11 is 0. The lowest BCUT2D eigenvalue weighted by Crippen LogP contribution is -2.30. The summed E-state index contributed by atoms with van der Waals surface area (Å²) in [6.07, 6.45) is 6.13. The zero-order valence-electron chi connectivity index (χ0n) is 25.7. The molecule has 0 spiro atoms. The highest BCUT2D eigenvalue weighted by molar-refractivity contribution is 5.86. The van der Waals surface area contributed by atoms with Gasteiger partial charge >= 0.3 is 11.9 Å². The summed E-state index contributed by atoms with van der Waals surface area (Å²) in [5, 5.41) is 35.4.